The highest BCUT2D eigenvalue weighted by molar-refractivity contribution is 7.70. The highest BCUT2D eigenvalue weighted by Crippen LogP contribution is 2.37. The number of benzene rings is 2. The van der Waals surface area contributed by atoms with E-state index in [1.54, 1.807) is 33.0 Å². The monoisotopic (exact) mass is 462 g/mol. The summed E-state index contributed by atoms with van der Waals surface area (Å²) >= 11 is 0. The van der Waals surface area contributed by atoms with E-state index >= 15 is 0 Å². The second-order valence-electron chi connectivity index (χ2n) is 8.79. The third-order valence-electron chi connectivity index (χ3n) is 5.98. The molecule has 0 bridgehead atoms. The summed E-state index contributed by atoms with van der Waals surface area (Å²) in [6.45, 7) is 5.47. The summed E-state index contributed by atoms with van der Waals surface area (Å²) in [5.41, 5.74) is 5.52. The Morgan fingerprint density at radius 1 is 1.12 bits per heavy atom. The highest BCUT2D eigenvalue weighted by atomic mass is 31.2. The van der Waals surface area contributed by atoms with Gasteiger partial charge in [-0.25, -0.2) is 9.97 Å². The maximum Gasteiger partial charge on any atom is 0.229 e. The number of ether oxygens (including phenoxy) is 1. The fourth-order valence-corrected chi connectivity index (χ4v) is 5.46. The molecule has 1 aliphatic rings. The molecular weight excluding hydrogens is 435 g/mol. The lowest BCUT2D eigenvalue weighted by molar-refractivity contribution is 0.312. The minimum atomic E-state index is -2.50. The summed E-state index contributed by atoms with van der Waals surface area (Å²) in [6.07, 6.45) is 4.40. The Hall–Kier alpha value is -3.22. The van der Waals surface area contributed by atoms with Crippen LogP contribution in [0.5, 0.6) is 5.75 Å². The molecule has 0 atom stereocenters. The third-order valence-corrected chi connectivity index (χ3v) is 7.52. The minimum absolute atomic E-state index is 0.445. The van der Waals surface area contributed by atoms with E-state index in [1.165, 1.54) is 11.1 Å². The number of nitrogens with one attached hydrogen (secondary N) is 1. The van der Waals surface area contributed by atoms with Gasteiger partial charge in [0.2, 0.25) is 5.95 Å². The quantitative estimate of drug-likeness (QED) is 0.452. The molecule has 170 valence electrons. The van der Waals surface area contributed by atoms with E-state index in [9.17, 15) is 4.57 Å². The molecule has 0 saturated carbocycles. The second-order valence-corrected chi connectivity index (χ2v) is 12.0. The Balaban J connectivity index is 1.56. The van der Waals surface area contributed by atoms with Crippen LogP contribution < -0.4 is 15.4 Å². The van der Waals surface area contributed by atoms with Gasteiger partial charge in [0.1, 0.15) is 24.7 Å². The molecule has 0 unspecified atom stereocenters. The van der Waals surface area contributed by atoms with Crippen molar-refractivity contribution in [1.82, 2.24) is 24.4 Å². The van der Waals surface area contributed by atoms with Crippen LogP contribution in [0.4, 0.5) is 11.6 Å². The summed E-state index contributed by atoms with van der Waals surface area (Å²) in [5.74, 6) is 1.21. The minimum Gasteiger partial charge on any atom is -0.495 e. The lowest BCUT2D eigenvalue weighted by Crippen LogP contribution is -2.26. The number of hydrogen-bond donors (Lipinski definition) is 1. The van der Waals surface area contributed by atoms with E-state index in [4.69, 9.17) is 9.72 Å². The zero-order chi connectivity index (χ0) is 23.2. The van der Waals surface area contributed by atoms with Crippen LogP contribution in [0.3, 0.4) is 0 Å². The lowest BCUT2D eigenvalue weighted by Gasteiger charge is -2.26. The van der Waals surface area contributed by atoms with E-state index in [2.05, 4.69) is 39.4 Å². The van der Waals surface area contributed by atoms with Gasteiger partial charge < -0.3 is 19.5 Å². The van der Waals surface area contributed by atoms with Crippen LogP contribution in [0.15, 0.2) is 48.9 Å². The first-order chi connectivity index (χ1) is 15.8. The maximum atomic E-state index is 12.9. The molecule has 2 aromatic carbocycles. The molecule has 0 saturated heterocycles. The number of fused-ring (bicyclic) bond motifs is 2. The Labute approximate surface area is 193 Å². The zero-order valence-corrected chi connectivity index (χ0v) is 20.1. The summed E-state index contributed by atoms with van der Waals surface area (Å²) in [4.78, 5) is 16.0. The van der Waals surface area contributed by atoms with Crippen LogP contribution >= 0.6 is 7.14 Å². The largest absolute Gasteiger partial charge is 0.495 e. The molecule has 0 fully saturated rings. The van der Waals surface area contributed by atoms with Crippen molar-refractivity contribution in [2.75, 3.05) is 39.3 Å². The topological polar surface area (TPSA) is 85.2 Å². The molecular formula is C24H27N6O2P. The van der Waals surface area contributed by atoms with Gasteiger partial charge in [0, 0.05) is 18.4 Å². The first-order valence-electron chi connectivity index (χ1n) is 10.8. The highest BCUT2D eigenvalue weighted by Gasteiger charge is 2.20. The number of methoxy groups -OCH3 is 1. The van der Waals surface area contributed by atoms with E-state index in [0.29, 0.717) is 17.1 Å². The fourth-order valence-electron chi connectivity index (χ4n) is 4.28. The smallest absolute Gasteiger partial charge is 0.229 e. The summed E-state index contributed by atoms with van der Waals surface area (Å²) < 4.78 is 20.4. The Bertz CT molecular complexity index is 1390. The van der Waals surface area contributed by atoms with E-state index < -0.39 is 7.14 Å². The Kier molecular flexibility index (Phi) is 5.43. The van der Waals surface area contributed by atoms with Crippen LogP contribution in [0.25, 0.3) is 16.9 Å². The summed E-state index contributed by atoms with van der Waals surface area (Å²) in [7, 11) is 1.30. The van der Waals surface area contributed by atoms with Gasteiger partial charge in [0.15, 0.2) is 5.65 Å². The van der Waals surface area contributed by atoms with Crippen LogP contribution in [-0.4, -0.2) is 58.5 Å². The van der Waals surface area contributed by atoms with Crippen molar-refractivity contribution in [2.24, 2.45) is 0 Å². The van der Waals surface area contributed by atoms with Crippen LogP contribution in [0, 0.1) is 0 Å². The molecule has 0 spiro atoms. The van der Waals surface area contributed by atoms with Crippen LogP contribution in [-0.2, 0) is 17.5 Å². The zero-order valence-electron chi connectivity index (χ0n) is 19.2. The SMILES string of the molecule is COc1cc2c(cc1Nc1ncc3ncn(-c4ccccc4P(C)(C)=O)c3n1)CN(C)CC2. The Morgan fingerprint density at radius 2 is 1.94 bits per heavy atom. The molecule has 0 aliphatic carbocycles. The molecule has 0 radical (unpaired) electrons. The van der Waals surface area contributed by atoms with E-state index in [-0.39, 0.29) is 0 Å². The van der Waals surface area contributed by atoms with Gasteiger partial charge in [-0.1, -0.05) is 12.1 Å². The molecule has 8 nitrogen and oxygen atoms in total. The maximum absolute atomic E-state index is 12.9. The van der Waals surface area contributed by atoms with Crippen molar-refractivity contribution < 1.29 is 9.30 Å². The number of anilines is 2. The van der Waals surface area contributed by atoms with Gasteiger partial charge in [0.25, 0.3) is 0 Å². The average molecular weight is 462 g/mol. The number of hydrogen-bond acceptors (Lipinski definition) is 7. The second kappa shape index (κ2) is 8.28. The van der Waals surface area contributed by atoms with Gasteiger partial charge >= 0.3 is 0 Å². The van der Waals surface area contributed by atoms with Gasteiger partial charge in [0.05, 0.1) is 24.7 Å². The molecule has 5 rings (SSSR count). The van der Waals surface area contributed by atoms with E-state index in [0.717, 1.165) is 41.9 Å². The fraction of sp³-hybridized carbons (Fsp3) is 0.292. The summed E-state index contributed by atoms with van der Waals surface area (Å²) in [5, 5.41) is 4.12. The lowest BCUT2D eigenvalue weighted by atomic mass is 9.99. The summed E-state index contributed by atoms with van der Waals surface area (Å²) in [6, 6.07) is 11.9. The van der Waals surface area contributed by atoms with Crippen molar-refractivity contribution in [2.45, 2.75) is 13.0 Å². The van der Waals surface area contributed by atoms with Gasteiger partial charge in [-0.2, -0.15) is 4.98 Å². The predicted molar refractivity (Wildman–Crippen MR) is 132 cm³/mol. The van der Waals surface area contributed by atoms with Crippen LogP contribution in [0.2, 0.25) is 0 Å². The van der Waals surface area contributed by atoms with Crippen molar-refractivity contribution in [3.8, 4) is 11.4 Å². The molecule has 4 aromatic rings. The van der Waals surface area contributed by atoms with Gasteiger partial charge in [-0.15, -0.1) is 0 Å². The third kappa shape index (κ3) is 4.12. The first-order valence-corrected chi connectivity index (χ1v) is 13.4. The molecule has 0 amide bonds. The molecule has 3 heterocycles. The average Bonchev–Trinajstić information content (AvgIpc) is 3.21. The predicted octanol–water partition coefficient (Wildman–Crippen LogP) is 3.80. The molecule has 1 N–H and O–H groups in total. The number of nitrogens with zero attached hydrogens (tertiary/aromatic N) is 5. The molecule has 2 aromatic heterocycles. The van der Waals surface area contributed by atoms with Crippen molar-refractivity contribution in [3.05, 3.63) is 60.0 Å². The number of imidazole rings is 1. The molecule has 33 heavy (non-hydrogen) atoms. The number of aromatic nitrogens is 4. The molecule has 9 heteroatoms. The van der Waals surface area contributed by atoms with Crippen LogP contribution in [0.1, 0.15) is 11.1 Å². The van der Waals surface area contributed by atoms with Crippen molar-refractivity contribution in [1.29, 1.82) is 0 Å². The Morgan fingerprint density at radius 3 is 2.73 bits per heavy atom. The first kappa shape index (κ1) is 21.6. The van der Waals surface area contributed by atoms with Gasteiger partial charge in [-0.3, -0.25) is 4.57 Å². The van der Waals surface area contributed by atoms with Crippen molar-refractivity contribution in [3.63, 3.8) is 0 Å². The van der Waals surface area contributed by atoms with Gasteiger partial charge in [-0.05, 0) is 62.2 Å². The molecule has 1 aliphatic heterocycles. The van der Waals surface area contributed by atoms with Crippen molar-refractivity contribution >= 4 is 35.2 Å². The van der Waals surface area contributed by atoms with E-state index in [1.807, 2.05) is 28.8 Å². The standard InChI is InChI=1S/C24H27N6O2P/c1-29-10-9-16-12-21(32-2)18(11-17(16)14-29)27-24-25-13-19-23(28-24)30(15-26-19)20-7-5-6-8-22(20)33(3,4)31/h5-8,11-13,15H,9-10,14H2,1-4H3,(H,25,27,28). The normalized spacial score (nSPS) is 14.3. The number of rotatable bonds is 5. The number of likely N-dealkylation sites (N-methyl/N-ethyl adjacent to an activating group) is 1. The number of para-hydroxylation sites is 1.